The number of likely N-dealkylation sites (tertiary alicyclic amines) is 1. The molecule has 0 radical (unpaired) electrons. The number of hydrogen-bond donors (Lipinski definition) is 2. The van der Waals surface area contributed by atoms with Crippen molar-refractivity contribution in [3.63, 3.8) is 0 Å². The number of aromatic amines is 1. The van der Waals surface area contributed by atoms with Gasteiger partial charge >= 0.3 is 0 Å². The molecule has 16 heavy (non-hydrogen) atoms. The summed E-state index contributed by atoms with van der Waals surface area (Å²) in [5.41, 5.74) is 7.30. The molecular weight excluding hydrogens is 202 g/mol. The number of para-hydroxylation sites is 1. The summed E-state index contributed by atoms with van der Waals surface area (Å²) in [4.78, 5) is 16.9. The Morgan fingerprint density at radius 2 is 2.12 bits per heavy atom. The first-order valence-electron chi connectivity index (χ1n) is 5.36. The van der Waals surface area contributed by atoms with Gasteiger partial charge in [0.1, 0.15) is 5.69 Å². The van der Waals surface area contributed by atoms with Crippen LogP contribution >= 0.6 is 0 Å². The lowest BCUT2D eigenvalue weighted by atomic mass is 10.1. The number of rotatable bonds is 1. The first-order valence-corrected chi connectivity index (χ1v) is 5.36. The van der Waals surface area contributed by atoms with Crippen molar-refractivity contribution < 1.29 is 4.79 Å². The van der Waals surface area contributed by atoms with Crippen LogP contribution in [-0.4, -0.2) is 34.9 Å². The van der Waals surface area contributed by atoms with Gasteiger partial charge in [-0.15, -0.1) is 0 Å². The summed E-state index contributed by atoms with van der Waals surface area (Å²) < 4.78 is 0. The molecule has 0 spiro atoms. The number of amides is 1. The van der Waals surface area contributed by atoms with E-state index >= 15 is 0 Å². The van der Waals surface area contributed by atoms with Gasteiger partial charge in [0.25, 0.3) is 5.91 Å². The quantitative estimate of drug-likeness (QED) is 0.744. The van der Waals surface area contributed by atoms with Gasteiger partial charge in [0.15, 0.2) is 0 Å². The van der Waals surface area contributed by atoms with E-state index in [2.05, 4.69) is 4.98 Å². The highest BCUT2D eigenvalue weighted by Gasteiger charge is 2.28. The molecule has 82 valence electrons. The fraction of sp³-hybridized carbons (Fsp3) is 0.250. The van der Waals surface area contributed by atoms with Gasteiger partial charge in [-0.1, -0.05) is 18.2 Å². The van der Waals surface area contributed by atoms with Crippen molar-refractivity contribution in [1.82, 2.24) is 9.88 Å². The van der Waals surface area contributed by atoms with E-state index in [1.54, 1.807) is 4.90 Å². The number of carbonyl (C=O) groups is 1. The van der Waals surface area contributed by atoms with Crippen LogP contribution in [0.2, 0.25) is 0 Å². The SMILES string of the molecule is NC1CN(C(=O)c2cc3ccccc3[nH]2)C1. The first kappa shape index (κ1) is 9.42. The molecule has 1 aromatic heterocycles. The smallest absolute Gasteiger partial charge is 0.270 e. The maximum atomic E-state index is 12.0. The second kappa shape index (κ2) is 3.35. The molecule has 1 aromatic carbocycles. The zero-order chi connectivity index (χ0) is 11.1. The fourth-order valence-electron chi connectivity index (χ4n) is 2.04. The average molecular weight is 215 g/mol. The molecule has 0 unspecified atom stereocenters. The summed E-state index contributed by atoms with van der Waals surface area (Å²) in [7, 11) is 0. The molecule has 0 atom stereocenters. The van der Waals surface area contributed by atoms with E-state index < -0.39 is 0 Å². The Balaban J connectivity index is 1.91. The van der Waals surface area contributed by atoms with Gasteiger partial charge in [0.05, 0.1) is 0 Å². The van der Waals surface area contributed by atoms with Crippen LogP contribution in [0, 0.1) is 0 Å². The number of benzene rings is 1. The van der Waals surface area contributed by atoms with E-state index in [0.717, 1.165) is 10.9 Å². The average Bonchev–Trinajstić information content (AvgIpc) is 2.67. The van der Waals surface area contributed by atoms with Crippen molar-refractivity contribution in [1.29, 1.82) is 0 Å². The van der Waals surface area contributed by atoms with Crippen LogP contribution < -0.4 is 5.73 Å². The van der Waals surface area contributed by atoms with Crippen LogP contribution in [0.5, 0.6) is 0 Å². The molecule has 1 amide bonds. The van der Waals surface area contributed by atoms with Gasteiger partial charge in [0, 0.05) is 30.0 Å². The third-order valence-corrected chi connectivity index (χ3v) is 2.96. The number of carbonyl (C=O) groups excluding carboxylic acids is 1. The lowest BCUT2D eigenvalue weighted by Gasteiger charge is -2.36. The maximum Gasteiger partial charge on any atom is 0.270 e. The minimum Gasteiger partial charge on any atom is -0.351 e. The minimum absolute atomic E-state index is 0.0397. The normalized spacial score (nSPS) is 16.4. The van der Waals surface area contributed by atoms with Gasteiger partial charge in [0.2, 0.25) is 0 Å². The second-order valence-corrected chi connectivity index (χ2v) is 4.24. The van der Waals surface area contributed by atoms with Gasteiger partial charge in [-0.25, -0.2) is 0 Å². The summed E-state index contributed by atoms with van der Waals surface area (Å²) in [6, 6.07) is 9.91. The van der Waals surface area contributed by atoms with Crippen LogP contribution in [0.15, 0.2) is 30.3 Å². The van der Waals surface area contributed by atoms with Gasteiger partial charge < -0.3 is 15.6 Å². The highest BCUT2D eigenvalue weighted by atomic mass is 16.2. The van der Waals surface area contributed by atoms with Crippen molar-refractivity contribution in [2.24, 2.45) is 5.73 Å². The van der Waals surface area contributed by atoms with E-state index in [1.165, 1.54) is 0 Å². The fourth-order valence-corrected chi connectivity index (χ4v) is 2.04. The molecule has 0 saturated carbocycles. The van der Waals surface area contributed by atoms with Crippen LogP contribution in [0.4, 0.5) is 0 Å². The van der Waals surface area contributed by atoms with Crippen molar-refractivity contribution >= 4 is 16.8 Å². The predicted octanol–water partition coefficient (Wildman–Crippen LogP) is 0.951. The molecule has 2 heterocycles. The van der Waals surface area contributed by atoms with Crippen molar-refractivity contribution in [2.75, 3.05) is 13.1 Å². The zero-order valence-electron chi connectivity index (χ0n) is 8.81. The Bertz CT molecular complexity index is 507. The number of fused-ring (bicyclic) bond motifs is 1. The molecule has 0 aliphatic carbocycles. The molecule has 4 heteroatoms. The lowest BCUT2D eigenvalue weighted by molar-refractivity contribution is 0.0603. The zero-order valence-corrected chi connectivity index (χ0v) is 8.81. The molecule has 3 rings (SSSR count). The summed E-state index contributed by atoms with van der Waals surface area (Å²) in [5, 5.41) is 1.07. The highest BCUT2D eigenvalue weighted by Crippen LogP contribution is 2.17. The first-order chi connectivity index (χ1) is 7.74. The highest BCUT2D eigenvalue weighted by molar-refractivity contribution is 5.98. The Hall–Kier alpha value is -1.81. The number of H-pyrrole nitrogens is 1. The molecule has 2 aromatic rings. The minimum atomic E-state index is 0.0397. The van der Waals surface area contributed by atoms with Crippen LogP contribution in [-0.2, 0) is 0 Å². The molecule has 3 N–H and O–H groups in total. The number of hydrogen-bond acceptors (Lipinski definition) is 2. The van der Waals surface area contributed by atoms with Gasteiger partial charge in [-0.05, 0) is 12.1 Å². The molecule has 1 saturated heterocycles. The lowest BCUT2D eigenvalue weighted by Crippen LogP contribution is -2.57. The van der Waals surface area contributed by atoms with Crippen LogP contribution in [0.25, 0.3) is 10.9 Å². The standard InChI is InChI=1S/C12H13N3O/c13-9-6-15(7-9)12(16)11-5-8-3-1-2-4-10(8)14-11/h1-5,9,14H,6-7,13H2. The van der Waals surface area contributed by atoms with Crippen molar-refractivity contribution in [3.05, 3.63) is 36.0 Å². The molecule has 0 bridgehead atoms. The summed E-state index contributed by atoms with van der Waals surface area (Å²) in [6.45, 7) is 1.32. The predicted molar refractivity (Wildman–Crippen MR) is 62.2 cm³/mol. The van der Waals surface area contributed by atoms with Gasteiger partial charge in [-0.2, -0.15) is 0 Å². The van der Waals surface area contributed by atoms with E-state index in [9.17, 15) is 4.79 Å². The Labute approximate surface area is 93.0 Å². The van der Waals surface area contributed by atoms with Crippen molar-refractivity contribution in [2.45, 2.75) is 6.04 Å². The Morgan fingerprint density at radius 3 is 2.81 bits per heavy atom. The molecule has 1 aliphatic rings. The Morgan fingerprint density at radius 1 is 1.38 bits per heavy atom. The van der Waals surface area contributed by atoms with E-state index in [-0.39, 0.29) is 11.9 Å². The third kappa shape index (κ3) is 1.39. The Kier molecular flexibility index (Phi) is 1.97. The maximum absolute atomic E-state index is 12.0. The summed E-state index contributed by atoms with van der Waals surface area (Å²) in [5.74, 6) is 0.0397. The number of nitrogens with two attached hydrogens (primary N) is 1. The molecule has 1 aliphatic heterocycles. The molecule has 1 fully saturated rings. The monoisotopic (exact) mass is 215 g/mol. The number of nitrogens with one attached hydrogen (secondary N) is 1. The summed E-state index contributed by atoms with van der Waals surface area (Å²) in [6.07, 6.45) is 0. The van der Waals surface area contributed by atoms with Crippen LogP contribution in [0.1, 0.15) is 10.5 Å². The van der Waals surface area contributed by atoms with Gasteiger partial charge in [-0.3, -0.25) is 4.79 Å². The summed E-state index contributed by atoms with van der Waals surface area (Å²) >= 11 is 0. The third-order valence-electron chi connectivity index (χ3n) is 2.96. The van der Waals surface area contributed by atoms with Crippen LogP contribution in [0.3, 0.4) is 0 Å². The molecule has 4 nitrogen and oxygen atoms in total. The number of nitrogens with zero attached hydrogens (tertiary/aromatic N) is 1. The topological polar surface area (TPSA) is 62.1 Å². The van der Waals surface area contributed by atoms with E-state index in [0.29, 0.717) is 18.8 Å². The molecular formula is C12H13N3O. The van der Waals surface area contributed by atoms with E-state index in [4.69, 9.17) is 5.73 Å². The second-order valence-electron chi connectivity index (χ2n) is 4.24. The largest absolute Gasteiger partial charge is 0.351 e. The number of aromatic nitrogens is 1. The van der Waals surface area contributed by atoms with Crippen molar-refractivity contribution in [3.8, 4) is 0 Å². The van der Waals surface area contributed by atoms with E-state index in [1.807, 2.05) is 30.3 Å².